The smallest absolute Gasteiger partial charge is 0.277 e. The first-order valence-electron chi connectivity index (χ1n) is 11.4. The van der Waals surface area contributed by atoms with Crippen LogP contribution in [-0.2, 0) is 20.9 Å². The highest BCUT2D eigenvalue weighted by atomic mass is 28.3. The van der Waals surface area contributed by atoms with Gasteiger partial charge in [0.1, 0.15) is 6.73 Å². The van der Waals surface area contributed by atoms with Gasteiger partial charge in [0.25, 0.3) is 5.91 Å². The van der Waals surface area contributed by atoms with Gasteiger partial charge in [0.15, 0.2) is 17.8 Å². The van der Waals surface area contributed by atoms with Crippen LogP contribution in [0.15, 0.2) is 6.33 Å². The lowest BCUT2D eigenvalue weighted by atomic mass is 10.2. The van der Waals surface area contributed by atoms with E-state index in [4.69, 9.17) is 14.2 Å². The van der Waals surface area contributed by atoms with E-state index in [1.807, 2.05) is 6.92 Å². The average molecular weight is 455 g/mol. The summed E-state index contributed by atoms with van der Waals surface area (Å²) in [7, 11) is -1.18. The van der Waals surface area contributed by atoms with Gasteiger partial charge in [0, 0.05) is 34.4 Å². The molecule has 2 unspecified atom stereocenters. The molecule has 176 valence electrons. The molecule has 10 heteroatoms. The first-order chi connectivity index (χ1) is 14.8. The van der Waals surface area contributed by atoms with Crippen molar-refractivity contribution < 1.29 is 24.1 Å². The highest BCUT2D eigenvalue weighted by Gasteiger charge is 2.39. The fraction of sp³-hybridized carbons (Fsp3) is 0.810. The van der Waals surface area contributed by atoms with Crippen LogP contribution in [0, 0.1) is 0 Å². The lowest BCUT2D eigenvalue weighted by Crippen LogP contribution is -2.56. The summed E-state index contributed by atoms with van der Waals surface area (Å²) in [5, 5.41) is 10.8. The van der Waals surface area contributed by atoms with Crippen LogP contribution in [0.3, 0.4) is 0 Å². The van der Waals surface area contributed by atoms with Crippen molar-refractivity contribution in [3.8, 4) is 0 Å². The molecule has 3 rings (SSSR count). The minimum atomic E-state index is -1.18. The number of carbonyl (C=O) groups excluding carboxylic acids is 1. The highest BCUT2D eigenvalue weighted by Crippen LogP contribution is 2.29. The minimum Gasteiger partial charge on any atom is -0.361 e. The third-order valence-corrected chi connectivity index (χ3v) is 7.37. The summed E-state index contributed by atoms with van der Waals surface area (Å²) in [6.45, 7) is 12.0. The van der Waals surface area contributed by atoms with Crippen LogP contribution in [0.5, 0.6) is 0 Å². The number of amides is 1. The van der Waals surface area contributed by atoms with E-state index >= 15 is 0 Å². The SMILES string of the molecule is CCN1c2ncn(COCC[Si](C)(C)C)c2C(=O)N(CCCOC2CCCCO2)C1O. The Hall–Kier alpha value is -1.46. The zero-order valence-corrected chi connectivity index (χ0v) is 20.4. The Labute approximate surface area is 186 Å². The molecule has 1 N–H and O–H groups in total. The molecule has 0 aliphatic carbocycles. The molecular formula is C21H38N4O5Si. The van der Waals surface area contributed by atoms with Crippen LogP contribution < -0.4 is 4.90 Å². The maximum Gasteiger partial charge on any atom is 0.277 e. The molecule has 2 aliphatic rings. The van der Waals surface area contributed by atoms with Gasteiger partial charge in [0.05, 0.1) is 12.9 Å². The second-order valence-corrected chi connectivity index (χ2v) is 15.0. The van der Waals surface area contributed by atoms with Crippen molar-refractivity contribution in [2.75, 3.05) is 37.8 Å². The lowest BCUT2D eigenvalue weighted by Gasteiger charge is -2.40. The molecular weight excluding hydrogens is 416 g/mol. The fourth-order valence-corrected chi connectivity index (χ4v) is 4.54. The zero-order valence-electron chi connectivity index (χ0n) is 19.4. The number of ether oxygens (including phenoxy) is 3. The van der Waals surface area contributed by atoms with E-state index in [1.165, 1.54) is 4.90 Å². The molecule has 1 saturated heterocycles. The van der Waals surface area contributed by atoms with Crippen LogP contribution in [0.2, 0.25) is 25.7 Å². The zero-order chi connectivity index (χ0) is 22.4. The fourth-order valence-electron chi connectivity index (χ4n) is 3.78. The summed E-state index contributed by atoms with van der Waals surface area (Å²) in [6.07, 6.45) is 4.17. The third kappa shape index (κ3) is 6.29. The van der Waals surface area contributed by atoms with Gasteiger partial charge in [-0.3, -0.25) is 9.69 Å². The van der Waals surface area contributed by atoms with Gasteiger partial charge in [-0.1, -0.05) is 19.6 Å². The number of aliphatic hydroxyl groups is 1. The molecule has 1 aromatic heterocycles. The molecule has 0 bridgehead atoms. The number of aliphatic hydroxyl groups excluding tert-OH is 1. The highest BCUT2D eigenvalue weighted by molar-refractivity contribution is 6.76. The Morgan fingerprint density at radius 2 is 2.06 bits per heavy atom. The van der Waals surface area contributed by atoms with Gasteiger partial charge in [-0.2, -0.15) is 0 Å². The first-order valence-corrected chi connectivity index (χ1v) is 15.1. The van der Waals surface area contributed by atoms with Gasteiger partial charge in [-0.15, -0.1) is 0 Å². The van der Waals surface area contributed by atoms with Gasteiger partial charge in [-0.05, 0) is 38.7 Å². The predicted octanol–water partition coefficient (Wildman–Crippen LogP) is 2.69. The summed E-state index contributed by atoms with van der Waals surface area (Å²) in [5.74, 6) is 0.282. The quantitative estimate of drug-likeness (QED) is 0.406. The van der Waals surface area contributed by atoms with E-state index in [9.17, 15) is 9.90 Å². The normalized spacial score (nSPS) is 22.2. The van der Waals surface area contributed by atoms with Crippen LogP contribution in [0.4, 0.5) is 5.82 Å². The van der Waals surface area contributed by atoms with Crippen molar-refractivity contribution in [1.82, 2.24) is 14.5 Å². The van der Waals surface area contributed by atoms with Crippen molar-refractivity contribution in [1.29, 1.82) is 0 Å². The van der Waals surface area contributed by atoms with Crippen molar-refractivity contribution in [3.63, 3.8) is 0 Å². The molecule has 1 aromatic rings. The number of nitrogens with zero attached hydrogens (tertiary/aromatic N) is 4. The summed E-state index contributed by atoms with van der Waals surface area (Å²) < 4.78 is 18.9. The second kappa shape index (κ2) is 10.9. The Morgan fingerprint density at radius 3 is 2.74 bits per heavy atom. The van der Waals surface area contributed by atoms with E-state index in [-0.39, 0.29) is 18.9 Å². The minimum absolute atomic E-state index is 0.149. The number of rotatable bonds is 11. The van der Waals surface area contributed by atoms with Crippen LogP contribution in [0.1, 0.15) is 43.1 Å². The van der Waals surface area contributed by atoms with E-state index in [2.05, 4.69) is 24.6 Å². The molecule has 0 radical (unpaired) electrons. The third-order valence-electron chi connectivity index (χ3n) is 5.66. The summed E-state index contributed by atoms with van der Waals surface area (Å²) >= 11 is 0. The van der Waals surface area contributed by atoms with Gasteiger partial charge in [-0.25, -0.2) is 4.98 Å². The van der Waals surface area contributed by atoms with E-state index in [1.54, 1.807) is 15.8 Å². The largest absolute Gasteiger partial charge is 0.361 e. The Bertz CT molecular complexity index is 717. The Balaban J connectivity index is 1.59. The molecule has 2 aliphatic heterocycles. The second-order valence-electron chi connectivity index (χ2n) is 9.39. The summed E-state index contributed by atoms with van der Waals surface area (Å²) in [4.78, 5) is 20.8. The van der Waals surface area contributed by atoms with Gasteiger partial charge in [0.2, 0.25) is 6.35 Å². The molecule has 2 atom stereocenters. The number of hydrogen-bond donors (Lipinski definition) is 1. The van der Waals surface area contributed by atoms with Gasteiger partial charge >= 0.3 is 0 Å². The van der Waals surface area contributed by atoms with E-state index in [0.29, 0.717) is 44.2 Å². The monoisotopic (exact) mass is 454 g/mol. The number of fused-ring (bicyclic) bond motifs is 1. The summed E-state index contributed by atoms with van der Waals surface area (Å²) in [5.41, 5.74) is 0.469. The first kappa shape index (κ1) is 24.2. The summed E-state index contributed by atoms with van der Waals surface area (Å²) in [6, 6.07) is 1.06. The molecule has 3 heterocycles. The molecule has 0 aromatic carbocycles. The molecule has 1 amide bonds. The van der Waals surface area contributed by atoms with Crippen molar-refractivity contribution in [3.05, 3.63) is 12.0 Å². The molecule has 0 spiro atoms. The molecule has 31 heavy (non-hydrogen) atoms. The van der Waals surface area contributed by atoms with E-state index in [0.717, 1.165) is 31.9 Å². The number of anilines is 1. The molecule has 0 saturated carbocycles. The predicted molar refractivity (Wildman–Crippen MR) is 121 cm³/mol. The Morgan fingerprint density at radius 1 is 1.26 bits per heavy atom. The number of imidazole rings is 1. The number of aromatic nitrogens is 2. The van der Waals surface area contributed by atoms with Crippen LogP contribution in [0.25, 0.3) is 0 Å². The van der Waals surface area contributed by atoms with Crippen LogP contribution in [-0.4, -0.2) is 79.1 Å². The van der Waals surface area contributed by atoms with Crippen molar-refractivity contribution >= 4 is 19.8 Å². The number of hydrogen-bond acceptors (Lipinski definition) is 7. The maximum atomic E-state index is 13.2. The lowest BCUT2D eigenvalue weighted by molar-refractivity contribution is -0.163. The topological polar surface area (TPSA) is 89.3 Å². The number of carbonyl (C=O) groups is 1. The van der Waals surface area contributed by atoms with Gasteiger partial charge < -0.3 is 28.8 Å². The molecule has 9 nitrogen and oxygen atoms in total. The van der Waals surface area contributed by atoms with E-state index < -0.39 is 14.4 Å². The average Bonchev–Trinajstić information content (AvgIpc) is 3.15. The molecule has 1 fully saturated rings. The van der Waals surface area contributed by atoms with Crippen molar-refractivity contribution in [2.24, 2.45) is 0 Å². The van der Waals surface area contributed by atoms with Crippen LogP contribution >= 0.6 is 0 Å². The Kier molecular flexibility index (Phi) is 8.51. The maximum absolute atomic E-state index is 13.2. The van der Waals surface area contributed by atoms with Crippen molar-refractivity contribution in [2.45, 2.75) is 77.7 Å². The standard InChI is InChI=1S/C21H38N4O5Si/c1-5-24-19-18(23(15-22-19)16-28-13-14-31(2,3)4)20(26)25(21(24)27)10-8-12-30-17-9-6-7-11-29-17/h15,17,21,27H,5-14,16H2,1-4H3.